The third-order valence-electron chi connectivity index (χ3n) is 2.75. The molecule has 4 nitrogen and oxygen atoms in total. The lowest BCUT2D eigenvalue weighted by molar-refractivity contribution is -0.0509. The van der Waals surface area contributed by atoms with Crippen molar-refractivity contribution in [3.63, 3.8) is 0 Å². The lowest BCUT2D eigenvalue weighted by atomic mass is 10.00. The number of nitrogens with one attached hydrogen (secondary N) is 1. The number of rotatable bonds is 1. The van der Waals surface area contributed by atoms with E-state index in [4.69, 9.17) is 15.2 Å². The smallest absolute Gasteiger partial charge is 0.0752 e. The Bertz CT molecular complexity index is 152. The summed E-state index contributed by atoms with van der Waals surface area (Å²) in [6.45, 7) is 3.24. The van der Waals surface area contributed by atoms with E-state index in [-0.39, 0.29) is 6.04 Å². The van der Waals surface area contributed by atoms with E-state index >= 15 is 0 Å². The van der Waals surface area contributed by atoms with E-state index in [1.807, 2.05) is 0 Å². The molecule has 2 fully saturated rings. The summed E-state index contributed by atoms with van der Waals surface area (Å²) in [5, 5.41) is 3.41. The van der Waals surface area contributed by atoms with Crippen molar-refractivity contribution in [1.29, 1.82) is 0 Å². The summed E-state index contributed by atoms with van der Waals surface area (Å²) in [6, 6.07) is 0.613. The number of nitrogens with two attached hydrogens (primary N) is 1. The van der Waals surface area contributed by atoms with Crippen LogP contribution >= 0.6 is 0 Å². The average Bonchev–Trinajstić information content (AvgIpc) is 2.20. The first-order chi connectivity index (χ1) is 6.36. The van der Waals surface area contributed by atoms with Crippen molar-refractivity contribution in [1.82, 2.24) is 5.32 Å². The van der Waals surface area contributed by atoms with Gasteiger partial charge < -0.3 is 20.5 Å². The lowest BCUT2D eigenvalue weighted by Gasteiger charge is -2.35. The highest BCUT2D eigenvalue weighted by Gasteiger charge is 2.28. The van der Waals surface area contributed by atoms with Gasteiger partial charge >= 0.3 is 0 Å². The van der Waals surface area contributed by atoms with Crippen LogP contribution in [-0.2, 0) is 9.47 Å². The normalized spacial score (nSPS) is 41.8. The Hall–Kier alpha value is -0.160. The summed E-state index contributed by atoms with van der Waals surface area (Å²) in [5.41, 5.74) is 5.75. The Morgan fingerprint density at radius 2 is 2.15 bits per heavy atom. The number of morpholine rings is 1. The van der Waals surface area contributed by atoms with Crippen LogP contribution in [0.1, 0.15) is 12.8 Å². The molecule has 2 saturated heterocycles. The molecule has 0 radical (unpaired) electrons. The van der Waals surface area contributed by atoms with E-state index < -0.39 is 0 Å². The summed E-state index contributed by atoms with van der Waals surface area (Å²) in [4.78, 5) is 0. The Morgan fingerprint density at radius 1 is 1.23 bits per heavy atom. The first-order valence-electron chi connectivity index (χ1n) is 5.04. The van der Waals surface area contributed by atoms with E-state index in [1.165, 1.54) is 0 Å². The number of hydrogen-bond donors (Lipinski definition) is 2. The van der Waals surface area contributed by atoms with Crippen LogP contribution in [0.2, 0.25) is 0 Å². The molecule has 4 heteroatoms. The Kier molecular flexibility index (Phi) is 3.16. The highest BCUT2D eigenvalue weighted by molar-refractivity contribution is 4.83. The van der Waals surface area contributed by atoms with Gasteiger partial charge in [-0.2, -0.15) is 0 Å². The molecule has 0 aromatic carbocycles. The van der Waals surface area contributed by atoms with Gasteiger partial charge in [-0.25, -0.2) is 0 Å². The fourth-order valence-corrected chi connectivity index (χ4v) is 1.93. The molecule has 13 heavy (non-hydrogen) atoms. The van der Waals surface area contributed by atoms with Crippen LogP contribution in [0.15, 0.2) is 0 Å². The minimum atomic E-state index is 0.237. The molecule has 0 aromatic heterocycles. The predicted octanol–water partition coefficient (Wildman–Crippen LogP) is -0.519. The highest BCUT2D eigenvalue weighted by atomic mass is 16.5. The molecule has 0 aliphatic carbocycles. The van der Waals surface area contributed by atoms with Gasteiger partial charge in [-0.05, 0) is 12.8 Å². The van der Waals surface area contributed by atoms with Gasteiger partial charge in [-0.3, -0.25) is 0 Å². The first kappa shape index (κ1) is 9.40. The second-order valence-corrected chi connectivity index (χ2v) is 3.84. The molecule has 2 heterocycles. The van der Waals surface area contributed by atoms with Crippen LogP contribution < -0.4 is 11.1 Å². The fourth-order valence-electron chi connectivity index (χ4n) is 1.93. The van der Waals surface area contributed by atoms with Gasteiger partial charge in [0.1, 0.15) is 0 Å². The zero-order chi connectivity index (χ0) is 9.10. The van der Waals surface area contributed by atoms with Crippen molar-refractivity contribution in [2.24, 2.45) is 5.73 Å². The second-order valence-electron chi connectivity index (χ2n) is 3.84. The van der Waals surface area contributed by atoms with Gasteiger partial charge in [0, 0.05) is 12.6 Å². The third kappa shape index (κ3) is 2.40. The minimum absolute atomic E-state index is 0.237. The maximum Gasteiger partial charge on any atom is 0.0752 e. The van der Waals surface area contributed by atoms with Gasteiger partial charge in [0.05, 0.1) is 32.0 Å². The van der Waals surface area contributed by atoms with Crippen molar-refractivity contribution >= 4 is 0 Å². The van der Waals surface area contributed by atoms with Gasteiger partial charge in [0.25, 0.3) is 0 Å². The summed E-state index contributed by atoms with van der Waals surface area (Å²) >= 11 is 0. The average molecular weight is 186 g/mol. The van der Waals surface area contributed by atoms with Crippen LogP contribution in [0.4, 0.5) is 0 Å². The monoisotopic (exact) mass is 186 g/mol. The van der Waals surface area contributed by atoms with E-state index in [9.17, 15) is 0 Å². The zero-order valence-corrected chi connectivity index (χ0v) is 7.87. The van der Waals surface area contributed by atoms with E-state index in [0.717, 1.165) is 32.6 Å². The Labute approximate surface area is 78.8 Å². The van der Waals surface area contributed by atoms with E-state index in [2.05, 4.69) is 5.32 Å². The molecule has 0 amide bonds. The molecule has 0 saturated carbocycles. The van der Waals surface area contributed by atoms with Crippen molar-refractivity contribution in [2.75, 3.05) is 26.4 Å². The SMILES string of the molecule is NC1CCC(C2COCCN2)OC1. The molecule has 2 aliphatic heterocycles. The minimum Gasteiger partial charge on any atom is -0.378 e. The summed E-state index contributed by atoms with van der Waals surface area (Å²) in [5.74, 6) is 0. The summed E-state index contributed by atoms with van der Waals surface area (Å²) in [7, 11) is 0. The number of hydrogen-bond acceptors (Lipinski definition) is 4. The third-order valence-corrected chi connectivity index (χ3v) is 2.75. The van der Waals surface area contributed by atoms with E-state index in [1.54, 1.807) is 0 Å². The van der Waals surface area contributed by atoms with Crippen LogP contribution in [0.5, 0.6) is 0 Å². The molecular formula is C9H18N2O2. The second kappa shape index (κ2) is 4.37. The quantitative estimate of drug-likeness (QED) is 0.578. The molecule has 0 aromatic rings. The van der Waals surface area contributed by atoms with E-state index in [0.29, 0.717) is 18.8 Å². The molecule has 76 valence electrons. The van der Waals surface area contributed by atoms with Gasteiger partial charge in [0.2, 0.25) is 0 Å². The van der Waals surface area contributed by atoms with Crippen molar-refractivity contribution in [2.45, 2.75) is 31.0 Å². The largest absolute Gasteiger partial charge is 0.378 e. The fraction of sp³-hybridized carbons (Fsp3) is 1.00. The first-order valence-corrected chi connectivity index (χ1v) is 5.04. The topological polar surface area (TPSA) is 56.5 Å². The Morgan fingerprint density at radius 3 is 2.77 bits per heavy atom. The summed E-state index contributed by atoms with van der Waals surface area (Å²) in [6.07, 6.45) is 2.44. The molecule has 3 N–H and O–H groups in total. The van der Waals surface area contributed by atoms with Crippen molar-refractivity contribution in [3.05, 3.63) is 0 Å². The molecule has 2 aliphatic rings. The van der Waals surface area contributed by atoms with Crippen LogP contribution in [0, 0.1) is 0 Å². The molecular weight excluding hydrogens is 168 g/mol. The Balaban J connectivity index is 1.79. The van der Waals surface area contributed by atoms with Crippen LogP contribution in [0.3, 0.4) is 0 Å². The number of ether oxygens (including phenoxy) is 2. The van der Waals surface area contributed by atoms with Crippen LogP contribution in [-0.4, -0.2) is 44.6 Å². The molecule has 0 bridgehead atoms. The molecule has 2 rings (SSSR count). The van der Waals surface area contributed by atoms with Gasteiger partial charge in [-0.1, -0.05) is 0 Å². The highest BCUT2D eigenvalue weighted by Crippen LogP contribution is 2.16. The predicted molar refractivity (Wildman–Crippen MR) is 49.6 cm³/mol. The van der Waals surface area contributed by atoms with Crippen LogP contribution in [0.25, 0.3) is 0 Å². The van der Waals surface area contributed by atoms with Gasteiger partial charge in [0.15, 0.2) is 0 Å². The molecule has 3 unspecified atom stereocenters. The van der Waals surface area contributed by atoms with Crippen molar-refractivity contribution < 1.29 is 9.47 Å². The molecule has 0 spiro atoms. The zero-order valence-electron chi connectivity index (χ0n) is 7.87. The maximum absolute atomic E-state index is 5.75. The standard InChI is InChI=1S/C9H18N2O2/c10-7-1-2-9(13-5-7)8-6-12-4-3-11-8/h7-9,11H,1-6,10H2. The molecule has 3 atom stereocenters. The summed E-state index contributed by atoms with van der Waals surface area (Å²) < 4.78 is 11.1. The maximum atomic E-state index is 5.75. The van der Waals surface area contributed by atoms with Crippen molar-refractivity contribution in [3.8, 4) is 0 Å². The lowest BCUT2D eigenvalue weighted by Crippen LogP contribution is -2.52. The van der Waals surface area contributed by atoms with Gasteiger partial charge in [-0.15, -0.1) is 0 Å².